The molecule has 0 aromatic heterocycles. The average molecular weight is 275 g/mol. The SMILES string of the molecule is COC(=O)[C@H]1CCCCN1C(=O)Cc1cccc(C)c1. The molecule has 1 amide bonds. The van der Waals surface area contributed by atoms with Crippen LogP contribution in [0, 0.1) is 6.92 Å². The molecule has 1 atom stereocenters. The lowest BCUT2D eigenvalue weighted by Crippen LogP contribution is -2.49. The Labute approximate surface area is 119 Å². The zero-order valence-corrected chi connectivity index (χ0v) is 12.1. The molecule has 108 valence electrons. The molecule has 1 aliphatic heterocycles. The predicted molar refractivity (Wildman–Crippen MR) is 76.3 cm³/mol. The van der Waals surface area contributed by atoms with E-state index in [4.69, 9.17) is 4.74 Å². The third-order valence-corrected chi connectivity index (χ3v) is 3.73. The van der Waals surface area contributed by atoms with Gasteiger partial charge < -0.3 is 9.64 Å². The molecule has 0 spiro atoms. The van der Waals surface area contributed by atoms with Gasteiger partial charge in [-0.2, -0.15) is 0 Å². The number of amides is 1. The number of hydrogen-bond donors (Lipinski definition) is 0. The van der Waals surface area contributed by atoms with Crippen LogP contribution in [-0.2, 0) is 20.7 Å². The topological polar surface area (TPSA) is 46.6 Å². The van der Waals surface area contributed by atoms with Crippen LogP contribution in [-0.4, -0.2) is 36.5 Å². The molecule has 0 bridgehead atoms. The number of piperidine rings is 1. The lowest BCUT2D eigenvalue weighted by Gasteiger charge is -2.33. The van der Waals surface area contributed by atoms with E-state index in [0.29, 0.717) is 19.4 Å². The Bertz CT molecular complexity index is 498. The molecule has 1 fully saturated rings. The van der Waals surface area contributed by atoms with Crippen molar-refractivity contribution in [2.45, 2.75) is 38.6 Å². The molecule has 1 saturated heterocycles. The Morgan fingerprint density at radius 1 is 1.35 bits per heavy atom. The average Bonchev–Trinajstić information content (AvgIpc) is 2.46. The summed E-state index contributed by atoms with van der Waals surface area (Å²) in [6.07, 6.45) is 2.96. The minimum Gasteiger partial charge on any atom is -0.467 e. The quantitative estimate of drug-likeness (QED) is 0.794. The van der Waals surface area contributed by atoms with Gasteiger partial charge in [-0.05, 0) is 31.7 Å². The molecular formula is C16H21NO3. The molecule has 1 aromatic rings. The highest BCUT2D eigenvalue weighted by molar-refractivity contribution is 5.86. The van der Waals surface area contributed by atoms with Crippen molar-refractivity contribution in [2.24, 2.45) is 0 Å². The van der Waals surface area contributed by atoms with Crippen molar-refractivity contribution in [2.75, 3.05) is 13.7 Å². The van der Waals surface area contributed by atoms with Crippen LogP contribution >= 0.6 is 0 Å². The van der Waals surface area contributed by atoms with Gasteiger partial charge in [0.1, 0.15) is 6.04 Å². The summed E-state index contributed by atoms with van der Waals surface area (Å²) in [7, 11) is 1.38. The molecule has 2 rings (SSSR count). The molecule has 0 radical (unpaired) electrons. The second-order valence-electron chi connectivity index (χ2n) is 5.29. The number of carbonyl (C=O) groups excluding carboxylic acids is 2. The Morgan fingerprint density at radius 3 is 2.85 bits per heavy atom. The molecule has 4 nitrogen and oxygen atoms in total. The number of rotatable bonds is 3. The van der Waals surface area contributed by atoms with Crippen molar-refractivity contribution in [1.29, 1.82) is 0 Å². The number of likely N-dealkylation sites (tertiary alicyclic amines) is 1. The van der Waals surface area contributed by atoms with E-state index in [1.807, 2.05) is 31.2 Å². The van der Waals surface area contributed by atoms with Crippen molar-refractivity contribution < 1.29 is 14.3 Å². The fourth-order valence-electron chi connectivity index (χ4n) is 2.71. The van der Waals surface area contributed by atoms with E-state index in [9.17, 15) is 9.59 Å². The van der Waals surface area contributed by atoms with Gasteiger partial charge in [0.25, 0.3) is 0 Å². The molecule has 0 unspecified atom stereocenters. The van der Waals surface area contributed by atoms with E-state index in [2.05, 4.69) is 0 Å². The van der Waals surface area contributed by atoms with E-state index in [1.165, 1.54) is 7.11 Å². The Morgan fingerprint density at radius 2 is 2.15 bits per heavy atom. The zero-order valence-electron chi connectivity index (χ0n) is 12.1. The van der Waals surface area contributed by atoms with Gasteiger partial charge in [0.15, 0.2) is 0 Å². The molecule has 1 heterocycles. The number of ether oxygens (including phenoxy) is 1. The van der Waals surface area contributed by atoms with Crippen LogP contribution in [0.25, 0.3) is 0 Å². The van der Waals surface area contributed by atoms with Gasteiger partial charge in [0.2, 0.25) is 5.91 Å². The molecule has 0 N–H and O–H groups in total. The second kappa shape index (κ2) is 6.55. The van der Waals surface area contributed by atoms with Crippen molar-refractivity contribution in [3.05, 3.63) is 35.4 Å². The number of benzene rings is 1. The monoisotopic (exact) mass is 275 g/mol. The fraction of sp³-hybridized carbons (Fsp3) is 0.500. The molecule has 0 saturated carbocycles. The number of methoxy groups -OCH3 is 1. The number of nitrogens with zero attached hydrogens (tertiary/aromatic N) is 1. The smallest absolute Gasteiger partial charge is 0.328 e. The summed E-state index contributed by atoms with van der Waals surface area (Å²) in [6.45, 7) is 2.65. The summed E-state index contributed by atoms with van der Waals surface area (Å²) in [5.74, 6) is -0.298. The molecule has 4 heteroatoms. The van der Waals surface area contributed by atoms with Gasteiger partial charge in [-0.15, -0.1) is 0 Å². The maximum Gasteiger partial charge on any atom is 0.328 e. The largest absolute Gasteiger partial charge is 0.467 e. The molecule has 1 aliphatic rings. The van der Waals surface area contributed by atoms with E-state index < -0.39 is 6.04 Å². The normalized spacial score (nSPS) is 18.7. The highest BCUT2D eigenvalue weighted by atomic mass is 16.5. The third kappa shape index (κ3) is 3.38. The van der Waals surface area contributed by atoms with Crippen molar-refractivity contribution in [3.8, 4) is 0 Å². The van der Waals surface area contributed by atoms with Crippen LogP contribution in [0.5, 0.6) is 0 Å². The first-order valence-corrected chi connectivity index (χ1v) is 7.04. The van der Waals surface area contributed by atoms with Crippen LogP contribution in [0.1, 0.15) is 30.4 Å². The van der Waals surface area contributed by atoms with E-state index in [0.717, 1.165) is 24.0 Å². The summed E-state index contributed by atoms with van der Waals surface area (Å²) < 4.78 is 4.81. The van der Waals surface area contributed by atoms with Crippen LogP contribution < -0.4 is 0 Å². The van der Waals surface area contributed by atoms with Gasteiger partial charge >= 0.3 is 5.97 Å². The lowest BCUT2D eigenvalue weighted by atomic mass is 10.0. The van der Waals surface area contributed by atoms with Crippen LogP contribution in [0.3, 0.4) is 0 Å². The van der Waals surface area contributed by atoms with Crippen LogP contribution in [0.2, 0.25) is 0 Å². The van der Waals surface area contributed by atoms with E-state index in [1.54, 1.807) is 4.90 Å². The summed E-state index contributed by atoms with van der Waals surface area (Å²) >= 11 is 0. The molecular weight excluding hydrogens is 254 g/mol. The third-order valence-electron chi connectivity index (χ3n) is 3.73. The predicted octanol–water partition coefficient (Wildman–Crippen LogP) is 2.09. The number of esters is 1. The maximum absolute atomic E-state index is 12.4. The van der Waals surface area contributed by atoms with Crippen LogP contribution in [0.15, 0.2) is 24.3 Å². The van der Waals surface area contributed by atoms with Crippen LogP contribution in [0.4, 0.5) is 0 Å². The standard InChI is InChI=1S/C16H21NO3/c1-12-6-5-7-13(10-12)11-15(18)17-9-4-3-8-14(17)16(19)20-2/h5-7,10,14H,3-4,8-9,11H2,1-2H3/t14-/m1/s1. The molecule has 0 aliphatic carbocycles. The van der Waals surface area contributed by atoms with Crippen molar-refractivity contribution in [3.63, 3.8) is 0 Å². The number of carbonyl (C=O) groups is 2. The summed E-state index contributed by atoms with van der Waals surface area (Å²) in [6, 6.07) is 7.50. The summed E-state index contributed by atoms with van der Waals surface area (Å²) in [5, 5.41) is 0. The number of hydrogen-bond acceptors (Lipinski definition) is 3. The van der Waals surface area contributed by atoms with Gasteiger partial charge in [0.05, 0.1) is 13.5 Å². The van der Waals surface area contributed by atoms with Gasteiger partial charge in [0, 0.05) is 6.54 Å². The maximum atomic E-state index is 12.4. The van der Waals surface area contributed by atoms with Gasteiger partial charge in [-0.1, -0.05) is 29.8 Å². The Kier molecular flexibility index (Phi) is 4.77. The van der Waals surface area contributed by atoms with Crippen molar-refractivity contribution >= 4 is 11.9 Å². The molecule has 1 aromatic carbocycles. The Hall–Kier alpha value is -1.84. The first-order chi connectivity index (χ1) is 9.61. The molecule has 20 heavy (non-hydrogen) atoms. The highest BCUT2D eigenvalue weighted by Gasteiger charge is 2.32. The Balaban J connectivity index is 2.08. The first kappa shape index (κ1) is 14.6. The summed E-state index contributed by atoms with van der Waals surface area (Å²) in [5.41, 5.74) is 2.13. The van der Waals surface area contributed by atoms with E-state index >= 15 is 0 Å². The zero-order chi connectivity index (χ0) is 14.5. The lowest BCUT2D eigenvalue weighted by molar-refractivity contribution is -0.154. The fourth-order valence-corrected chi connectivity index (χ4v) is 2.71. The van der Waals surface area contributed by atoms with Gasteiger partial charge in [-0.25, -0.2) is 4.79 Å². The second-order valence-corrected chi connectivity index (χ2v) is 5.29. The van der Waals surface area contributed by atoms with Gasteiger partial charge in [-0.3, -0.25) is 4.79 Å². The highest BCUT2D eigenvalue weighted by Crippen LogP contribution is 2.19. The minimum absolute atomic E-state index is 0.00528. The van der Waals surface area contributed by atoms with E-state index in [-0.39, 0.29) is 11.9 Å². The minimum atomic E-state index is -0.411. The summed E-state index contributed by atoms with van der Waals surface area (Å²) in [4.78, 5) is 25.9. The number of aryl methyl sites for hydroxylation is 1. The first-order valence-electron chi connectivity index (χ1n) is 7.04. The van der Waals surface area contributed by atoms with Crippen molar-refractivity contribution in [1.82, 2.24) is 4.90 Å².